The Morgan fingerprint density at radius 1 is 1.10 bits per heavy atom. The van der Waals surface area contributed by atoms with Gasteiger partial charge >= 0.3 is 5.97 Å². The average Bonchev–Trinajstić information content (AvgIpc) is 2.46. The third-order valence-electron chi connectivity index (χ3n) is 3.44. The van der Waals surface area contributed by atoms with Crippen molar-refractivity contribution in [3.05, 3.63) is 12.2 Å². The summed E-state index contributed by atoms with van der Waals surface area (Å²) in [5.41, 5.74) is 0. The van der Waals surface area contributed by atoms with Crippen LogP contribution in [0.25, 0.3) is 0 Å². The van der Waals surface area contributed by atoms with Gasteiger partial charge in [-0.1, -0.05) is 57.6 Å². The molecule has 0 aliphatic rings. The molecule has 3 heteroatoms. The quantitative estimate of drug-likeness (QED) is 0.310. The van der Waals surface area contributed by atoms with Crippen LogP contribution in [0.5, 0.6) is 0 Å². The molecule has 0 aromatic heterocycles. The van der Waals surface area contributed by atoms with Crippen LogP contribution in [0.4, 0.5) is 0 Å². The standard InChI is InChI=1S/C17H32O3/c1-3-4-5-6-7-10-13-16(18)14-11-8-9-12-15-17(19)20-2/h10,13,16,18H,3-9,11-12,14-15H2,1-2H3/b13-10+. The molecule has 0 saturated heterocycles. The summed E-state index contributed by atoms with van der Waals surface area (Å²) in [7, 11) is 1.42. The molecule has 0 amide bonds. The van der Waals surface area contributed by atoms with Crippen LogP contribution in [0.2, 0.25) is 0 Å². The molecule has 118 valence electrons. The third kappa shape index (κ3) is 13.6. The lowest BCUT2D eigenvalue weighted by atomic mass is 10.1. The van der Waals surface area contributed by atoms with Crippen molar-refractivity contribution in [2.75, 3.05) is 7.11 Å². The van der Waals surface area contributed by atoms with Gasteiger partial charge in [0.05, 0.1) is 13.2 Å². The van der Waals surface area contributed by atoms with Crippen molar-refractivity contribution in [2.45, 2.75) is 83.7 Å². The molecule has 0 aliphatic heterocycles. The Morgan fingerprint density at radius 2 is 1.80 bits per heavy atom. The number of rotatable bonds is 13. The van der Waals surface area contributed by atoms with Crippen LogP contribution in [-0.2, 0) is 9.53 Å². The van der Waals surface area contributed by atoms with Gasteiger partial charge < -0.3 is 9.84 Å². The van der Waals surface area contributed by atoms with Crippen molar-refractivity contribution in [3.8, 4) is 0 Å². The molecule has 1 N–H and O–H groups in total. The second kappa shape index (κ2) is 14.6. The second-order valence-corrected chi connectivity index (χ2v) is 5.37. The summed E-state index contributed by atoms with van der Waals surface area (Å²) in [6.07, 6.45) is 15.2. The van der Waals surface area contributed by atoms with E-state index < -0.39 is 0 Å². The van der Waals surface area contributed by atoms with E-state index in [2.05, 4.69) is 17.7 Å². The first kappa shape index (κ1) is 19.2. The van der Waals surface area contributed by atoms with Gasteiger partial charge in [-0.15, -0.1) is 0 Å². The number of unbranched alkanes of at least 4 members (excludes halogenated alkanes) is 7. The number of carbonyl (C=O) groups is 1. The first-order valence-electron chi connectivity index (χ1n) is 8.12. The van der Waals surface area contributed by atoms with Crippen molar-refractivity contribution >= 4 is 5.97 Å². The molecule has 0 rings (SSSR count). The molecule has 1 atom stereocenters. The van der Waals surface area contributed by atoms with Crippen LogP contribution in [0.3, 0.4) is 0 Å². The topological polar surface area (TPSA) is 46.5 Å². The predicted octanol–water partition coefficient (Wildman–Crippen LogP) is 4.39. The Bertz CT molecular complexity index is 249. The SMILES string of the molecule is CCCCCC/C=C/C(O)CCCCCCC(=O)OC. The largest absolute Gasteiger partial charge is 0.469 e. The summed E-state index contributed by atoms with van der Waals surface area (Å²) in [6.45, 7) is 2.21. The maximum Gasteiger partial charge on any atom is 0.305 e. The molecule has 0 aromatic rings. The molecule has 0 fully saturated rings. The summed E-state index contributed by atoms with van der Waals surface area (Å²) in [6, 6.07) is 0. The van der Waals surface area contributed by atoms with Crippen LogP contribution in [0.15, 0.2) is 12.2 Å². The summed E-state index contributed by atoms with van der Waals surface area (Å²) in [5.74, 6) is -0.129. The van der Waals surface area contributed by atoms with Gasteiger partial charge in [0.2, 0.25) is 0 Å². The number of aliphatic hydroxyl groups excluding tert-OH is 1. The molecule has 20 heavy (non-hydrogen) atoms. The fraction of sp³-hybridized carbons (Fsp3) is 0.824. The maximum atomic E-state index is 10.9. The molecular weight excluding hydrogens is 252 g/mol. The van der Waals surface area contributed by atoms with Crippen LogP contribution >= 0.6 is 0 Å². The lowest BCUT2D eigenvalue weighted by molar-refractivity contribution is -0.140. The molecule has 1 unspecified atom stereocenters. The molecule has 0 aromatic carbocycles. The van der Waals surface area contributed by atoms with Gasteiger partial charge in [-0.3, -0.25) is 4.79 Å². The van der Waals surface area contributed by atoms with Gasteiger partial charge in [-0.25, -0.2) is 0 Å². The van der Waals surface area contributed by atoms with Crippen molar-refractivity contribution < 1.29 is 14.6 Å². The van der Waals surface area contributed by atoms with E-state index in [4.69, 9.17) is 0 Å². The van der Waals surface area contributed by atoms with E-state index in [0.29, 0.717) is 6.42 Å². The van der Waals surface area contributed by atoms with Gasteiger partial charge in [0.1, 0.15) is 0 Å². The van der Waals surface area contributed by atoms with Gasteiger partial charge in [-0.05, 0) is 25.7 Å². The van der Waals surface area contributed by atoms with E-state index in [1.807, 2.05) is 6.08 Å². The number of esters is 1. The minimum atomic E-state index is -0.304. The molecule has 0 saturated carbocycles. The molecule has 0 bridgehead atoms. The number of methoxy groups -OCH3 is 1. The number of aliphatic hydroxyl groups is 1. The Hall–Kier alpha value is -0.830. The highest BCUT2D eigenvalue weighted by atomic mass is 16.5. The Kier molecular flexibility index (Phi) is 14.0. The highest BCUT2D eigenvalue weighted by Gasteiger charge is 2.01. The van der Waals surface area contributed by atoms with E-state index in [1.54, 1.807) is 0 Å². The molecule has 0 heterocycles. The molecular formula is C17H32O3. The number of hydrogen-bond donors (Lipinski definition) is 1. The summed E-state index contributed by atoms with van der Waals surface area (Å²) in [4.78, 5) is 10.9. The lowest BCUT2D eigenvalue weighted by Crippen LogP contribution is -2.02. The minimum Gasteiger partial charge on any atom is -0.469 e. The average molecular weight is 284 g/mol. The Labute approximate surface area is 124 Å². The van der Waals surface area contributed by atoms with Gasteiger partial charge in [0.15, 0.2) is 0 Å². The van der Waals surface area contributed by atoms with Crippen molar-refractivity contribution in [1.82, 2.24) is 0 Å². The van der Waals surface area contributed by atoms with E-state index in [0.717, 1.165) is 38.5 Å². The predicted molar refractivity (Wildman–Crippen MR) is 83.6 cm³/mol. The first-order chi connectivity index (χ1) is 9.70. The van der Waals surface area contributed by atoms with Crippen molar-refractivity contribution in [1.29, 1.82) is 0 Å². The zero-order valence-corrected chi connectivity index (χ0v) is 13.3. The van der Waals surface area contributed by atoms with Crippen LogP contribution in [0.1, 0.15) is 77.6 Å². The third-order valence-corrected chi connectivity index (χ3v) is 3.44. The summed E-state index contributed by atoms with van der Waals surface area (Å²) >= 11 is 0. The van der Waals surface area contributed by atoms with Gasteiger partial charge in [-0.2, -0.15) is 0 Å². The number of carbonyl (C=O) groups excluding carboxylic acids is 1. The fourth-order valence-corrected chi connectivity index (χ4v) is 2.12. The summed E-state index contributed by atoms with van der Waals surface area (Å²) < 4.78 is 4.59. The number of hydrogen-bond acceptors (Lipinski definition) is 3. The molecule has 3 nitrogen and oxygen atoms in total. The second-order valence-electron chi connectivity index (χ2n) is 5.37. The zero-order valence-electron chi connectivity index (χ0n) is 13.3. The van der Waals surface area contributed by atoms with E-state index in [-0.39, 0.29) is 12.1 Å². The highest BCUT2D eigenvalue weighted by Crippen LogP contribution is 2.09. The maximum absolute atomic E-state index is 10.9. The lowest BCUT2D eigenvalue weighted by Gasteiger charge is -2.05. The van der Waals surface area contributed by atoms with Gasteiger partial charge in [0.25, 0.3) is 0 Å². The number of allylic oxidation sites excluding steroid dienone is 1. The molecule has 0 radical (unpaired) electrons. The van der Waals surface area contributed by atoms with Crippen molar-refractivity contribution in [2.24, 2.45) is 0 Å². The number of ether oxygens (including phenoxy) is 1. The normalized spacial score (nSPS) is 12.8. The highest BCUT2D eigenvalue weighted by molar-refractivity contribution is 5.68. The Balaban J connectivity index is 3.33. The van der Waals surface area contributed by atoms with Crippen LogP contribution in [0, 0.1) is 0 Å². The smallest absolute Gasteiger partial charge is 0.305 e. The van der Waals surface area contributed by atoms with Crippen LogP contribution in [-0.4, -0.2) is 24.3 Å². The fourth-order valence-electron chi connectivity index (χ4n) is 2.12. The van der Waals surface area contributed by atoms with E-state index >= 15 is 0 Å². The monoisotopic (exact) mass is 284 g/mol. The van der Waals surface area contributed by atoms with E-state index in [1.165, 1.54) is 32.8 Å². The Morgan fingerprint density at radius 3 is 2.50 bits per heavy atom. The minimum absolute atomic E-state index is 0.129. The van der Waals surface area contributed by atoms with Gasteiger partial charge in [0, 0.05) is 6.42 Å². The molecule has 0 aliphatic carbocycles. The van der Waals surface area contributed by atoms with Crippen LogP contribution < -0.4 is 0 Å². The van der Waals surface area contributed by atoms with E-state index in [9.17, 15) is 9.90 Å². The first-order valence-corrected chi connectivity index (χ1v) is 8.12. The molecule has 0 spiro atoms. The zero-order chi connectivity index (χ0) is 15.1. The summed E-state index contributed by atoms with van der Waals surface area (Å²) in [5, 5.41) is 9.77. The van der Waals surface area contributed by atoms with Crippen molar-refractivity contribution in [3.63, 3.8) is 0 Å².